The molecule has 0 spiro atoms. The van der Waals surface area contributed by atoms with Gasteiger partial charge in [-0.05, 0) is 44.8 Å². The number of likely N-dealkylation sites (N-methyl/N-ethyl adjacent to an activating group) is 1. The fourth-order valence-corrected chi connectivity index (χ4v) is 3.08. The Balaban J connectivity index is 2.22. The van der Waals surface area contributed by atoms with Crippen LogP contribution >= 0.6 is 15.9 Å². The smallest absolute Gasteiger partial charge is 0.0541 e. The second-order valence-electron chi connectivity index (χ2n) is 5.24. The van der Waals surface area contributed by atoms with Crippen LogP contribution in [0.5, 0.6) is 0 Å². The fraction of sp³-hybridized carbons (Fsp3) is 0.571. The number of halogens is 1. The van der Waals surface area contributed by atoms with Gasteiger partial charge in [0.25, 0.3) is 0 Å². The zero-order valence-electron chi connectivity index (χ0n) is 11.4. The van der Waals surface area contributed by atoms with Crippen molar-refractivity contribution in [2.75, 3.05) is 45.2 Å². The second-order valence-corrected chi connectivity index (χ2v) is 6.16. The first-order chi connectivity index (χ1) is 8.58. The molecule has 4 heteroatoms. The standard InChI is InChI=1S/C14H22BrN3/c1-11-8-12(15)4-5-14(11)18-7-6-16-9-13(18)10-17(2)3/h4-5,8,13,16H,6-7,9-10H2,1-3H3. The minimum atomic E-state index is 0.550. The van der Waals surface area contributed by atoms with Crippen LogP contribution in [0.3, 0.4) is 0 Å². The normalized spacial score (nSPS) is 20.5. The van der Waals surface area contributed by atoms with Crippen LogP contribution < -0.4 is 10.2 Å². The highest BCUT2D eigenvalue weighted by Gasteiger charge is 2.23. The molecular weight excluding hydrogens is 290 g/mol. The Labute approximate surface area is 118 Å². The Morgan fingerprint density at radius 2 is 2.22 bits per heavy atom. The second kappa shape index (κ2) is 6.04. The van der Waals surface area contributed by atoms with Crippen LogP contribution in [0.1, 0.15) is 5.56 Å². The van der Waals surface area contributed by atoms with Gasteiger partial charge in [0.15, 0.2) is 0 Å². The van der Waals surface area contributed by atoms with Crippen molar-refractivity contribution in [2.45, 2.75) is 13.0 Å². The van der Waals surface area contributed by atoms with Gasteiger partial charge in [-0.15, -0.1) is 0 Å². The highest BCUT2D eigenvalue weighted by molar-refractivity contribution is 9.10. The van der Waals surface area contributed by atoms with Crippen LogP contribution in [-0.2, 0) is 0 Å². The molecule has 100 valence electrons. The molecule has 1 aromatic rings. The highest BCUT2D eigenvalue weighted by Crippen LogP contribution is 2.26. The summed E-state index contributed by atoms with van der Waals surface area (Å²) in [5, 5.41) is 3.49. The maximum Gasteiger partial charge on any atom is 0.0541 e. The van der Waals surface area contributed by atoms with Gasteiger partial charge in [-0.25, -0.2) is 0 Å². The third-order valence-electron chi connectivity index (χ3n) is 3.39. The summed E-state index contributed by atoms with van der Waals surface area (Å²) in [7, 11) is 4.28. The van der Waals surface area contributed by atoms with Crippen molar-refractivity contribution >= 4 is 21.6 Å². The van der Waals surface area contributed by atoms with E-state index in [1.165, 1.54) is 11.3 Å². The molecule has 2 rings (SSSR count). The van der Waals surface area contributed by atoms with Crippen molar-refractivity contribution in [1.29, 1.82) is 0 Å². The van der Waals surface area contributed by atoms with E-state index in [4.69, 9.17) is 0 Å². The number of piperazine rings is 1. The third kappa shape index (κ3) is 3.25. The zero-order chi connectivity index (χ0) is 13.1. The number of hydrogen-bond acceptors (Lipinski definition) is 3. The van der Waals surface area contributed by atoms with Gasteiger partial charge >= 0.3 is 0 Å². The first-order valence-corrected chi connectivity index (χ1v) is 7.25. The Morgan fingerprint density at radius 3 is 2.89 bits per heavy atom. The highest BCUT2D eigenvalue weighted by atomic mass is 79.9. The van der Waals surface area contributed by atoms with Crippen molar-refractivity contribution in [3.63, 3.8) is 0 Å². The Morgan fingerprint density at radius 1 is 1.44 bits per heavy atom. The number of anilines is 1. The van der Waals surface area contributed by atoms with E-state index in [0.29, 0.717) is 6.04 Å². The average Bonchev–Trinajstić information content (AvgIpc) is 2.30. The molecule has 18 heavy (non-hydrogen) atoms. The maximum atomic E-state index is 3.54. The lowest BCUT2D eigenvalue weighted by molar-refractivity contribution is 0.336. The molecule has 0 amide bonds. The molecule has 0 radical (unpaired) electrons. The number of nitrogens with zero attached hydrogens (tertiary/aromatic N) is 2. The van der Waals surface area contributed by atoms with Crippen molar-refractivity contribution in [3.8, 4) is 0 Å². The van der Waals surface area contributed by atoms with E-state index in [1.807, 2.05) is 0 Å². The molecule has 1 N–H and O–H groups in total. The molecule has 3 nitrogen and oxygen atoms in total. The maximum absolute atomic E-state index is 3.54. The van der Waals surface area contributed by atoms with E-state index >= 15 is 0 Å². The van der Waals surface area contributed by atoms with Gasteiger partial charge in [-0.3, -0.25) is 0 Å². The number of benzene rings is 1. The molecule has 1 fully saturated rings. The van der Waals surface area contributed by atoms with Gasteiger partial charge < -0.3 is 15.1 Å². The van der Waals surface area contributed by atoms with Gasteiger partial charge in [0, 0.05) is 36.3 Å². The summed E-state index contributed by atoms with van der Waals surface area (Å²) >= 11 is 3.54. The van der Waals surface area contributed by atoms with Gasteiger partial charge in [-0.2, -0.15) is 0 Å². The predicted molar refractivity (Wildman–Crippen MR) is 81.4 cm³/mol. The number of hydrogen-bond donors (Lipinski definition) is 1. The Kier molecular flexibility index (Phi) is 4.65. The van der Waals surface area contributed by atoms with Gasteiger partial charge in [-0.1, -0.05) is 15.9 Å². The summed E-state index contributed by atoms with van der Waals surface area (Å²) in [5.74, 6) is 0. The molecule has 1 aliphatic heterocycles. The first-order valence-electron chi connectivity index (χ1n) is 6.46. The van der Waals surface area contributed by atoms with Crippen molar-refractivity contribution < 1.29 is 0 Å². The van der Waals surface area contributed by atoms with Crippen molar-refractivity contribution in [3.05, 3.63) is 28.2 Å². The summed E-state index contributed by atoms with van der Waals surface area (Å²) in [5.41, 5.74) is 2.71. The molecule has 1 saturated heterocycles. The van der Waals surface area contributed by atoms with E-state index in [2.05, 4.69) is 70.3 Å². The summed E-state index contributed by atoms with van der Waals surface area (Å²) < 4.78 is 1.16. The lowest BCUT2D eigenvalue weighted by atomic mass is 10.1. The average molecular weight is 312 g/mol. The van der Waals surface area contributed by atoms with Crippen LogP contribution in [0.4, 0.5) is 5.69 Å². The monoisotopic (exact) mass is 311 g/mol. The molecule has 0 bridgehead atoms. The quantitative estimate of drug-likeness (QED) is 0.922. The van der Waals surface area contributed by atoms with E-state index in [9.17, 15) is 0 Å². The summed E-state index contributed by atoms with van der Waals surface area (Å²) in [6.45, 7) is 6.49. The van der Waals surface area contributed by atoms with Crippen molar-refractivity contribution in [2.24, 2.45) is 0 Å². The lowest BCUT2D eigenvalue weighted by Gasteiger charge is -2.40. The topological polar surface area (TPSA) is 18.5 Å². The van der Waals surface area contributed by atoms with Crippen LogP contribution in [0, 0.1) is 6.92 Å². The molecule has 0 aliphatic carbocycles. The van der Waals surface area contributed by atoms with E-state index in [1.54, 1.807) is 0 Å². The van der Waals surface area contributed by atoms with Gasteiger partial charge in [0.05, 0.1) is 6.04 Å². The number of aryl methyl sites for hydroxylation is 1. The fourth-order valence-electron chi connectivity index (χ4n) is 2.60. The largest absolute Gasteiger partial charge is 0.364 e. The minimum absolute atomic E-state index is 0.550. The molecular formula is C14H22BrN3. The molecule has 1 atom stereocenters. The van der Waals surface area contributed by atoms with E-state index in [-0.39, 0.29) is 0 Å². The minimum Gasteiger partial charge on any atom is -0.364 e. The molecule has 1 heterocycles. The predicted octanol–water partition coefficient (Wildman–Crippen LogP) is 2.10. The van der Waals surface area contributed by atoms with E-state index < -0.39 is 0 Å². The summed E-state index contributed by atoms with van der Waals surface area (Å²) in [4.78, 5) is 4.80. The Bertz CT molecular complexity index is 406. The Hall–Kier alpha value is -0.580. The van der Waals surface area contributed by atoms with Crippen LogP contribution in [-0.4, -0.2) is 51.2 Å². The van der Waals surface area contributed by atoms with Gasteiger partial charge in [0.2, 0.25) is 0 Å². The number of nitrogens with one attached hydrogen (secondary N) is 1. The molecule has 0 aromatic heterocycles. The number of rotatable bonds is 3. The molecule has 0 saturated carbocycles. The molecule has 1 aromatic carbocycles. The van der Waals surface area contributed by atoms with Crippen LogP contribution in [0.15, 0.2) is 22.7 Å². The van der Waals surface area contributed by atoms with Crippen LogP contribution in [0.2, 0.25) is 0 Å². The zero-order valence-corrected chi connectivity index (χ0v) is 13.0. The molecule has 1 aliphatic rings. The molecule has 1 unspecified atom stereocenters. The first kappa shape index (κ1) is 13.8. The summed E-state index contributed by atoms with van der Waals surface area (Å²) in [6, 6.07) is 7.11. The van der Waals surface area contributed by atoms with Crippen molar-refractivity contribution in [1.82, 2.24) is 10.2 Å². The SMILES string of the molecule is Cc1cc(Br)ccc1N1CCNCC1CN(C)C. The third-order valence-corrected chi connectivity index (χ3v) is 3.89. The van der Waals surface area contributed by atoms with Gasteiger partial charge in [0.1, 0.15) is 0 Å². The lowest BCUT2D eigenvalue weighted by Crippen LogP contribution is -2.55. The summed E-state index contributed by atoms with van der Waals surface area (Å²) in [6.07, 6.45) is 0. The van der Waals surface area contributed by atoms with E-state index in [0.717, 1.165) is 30.7 Å². The van der Waals surface area contributed by atoms with Crippen LogP contribution in [0.25, 0.3) is 0 Å².